The fraction of sp³-hybridized carbons (Fsp3) is 0.136. The van der Waals surface area contributed by atoms with Crippen LogP contribution in [0, 0.1) is 5.82 Å². The normalized spacial score (nSPS) is 10.8. The van der Waals surface area contributed by atoms with Crippen molar-refractivity contribution < 1.29 is 13.9 Å². The van der Waals surface area contributed by atoms with E-state index in [0.29, 0.717) is 28.9 Å². The Bertz CT molecular complexity index is 1220. The number of carbonyl (C=O) groups is 1. The highest BCUT2D eigenvalue weighted by Crippen LogP contribution is 2.30. The highest BCUT2D eigenvalue weighted by molar-refractivity contribution is 7.17. The Hall–Kier alpha value is -3.52. The summed E-state index contributed by atoms with van der Waals surface area (Å²) in [4.78, 5) is 30.1. The molecule has 0 radical (unpaired) electrons. The van der Waals surface area contributed by atoms with Crippen LogP contribution in [0.1, 0.15) is 0 Å². The number of rotatable bonds is 7. The average Bonchev–Trinajstić information content (AvgIpc) is 3.19. The Kier molecular flexibility index (Phi) is 5.85. The van der Waals surface area contributed by atoms with Gasteiger partial charge in [0.15, 0.2) is 0 Å². The maximum absolute atomic E-state index is 13.2. The van der Waals surface area contributed by atoms with Gasteiger partial charge in [-0.15, -0.1) is 11.3 Å². The van der Waals surface area contributed by atoms with E-state index in [-0.39, 0.29) is 23.8 Å². The molecule has 0 aliphatic heterocycles. The second-order valence-corrected chi connectivity index (χ2v) is 7.38. The maximum Gasteiger partial charge on any atom is 0.263 e. The van der Waals surface area contributed by atoms with Gasteiger partial charge < -0.3 is 10.1 Å². The molecule has 6 nitrogen and oxygen atoms in total. The van der Waals surface area contributed by atoms with Crippen LogP contribution in [0.2, 0.25) is 0 Å². The second kappa shape index (κ2) is 8.87. The molecule has 152 valence electrons. The molecule has 0 atom stereocenters. The molecular weight excluding hydrogens is 405 g/mol. The number of amides is 1. The van der Waals surface area contributed by atoms with Crippen LogP contribution in [0.25, 0.3) is 21.3 Å². The Morgan fingerprint density at radius 1 is 1.13 bits per heavy atom. The molecule has 0 fully saturated rings. The van der Waals surface area contributed by atoms with Gasteiger partial charge >= 0.3 is 0 Å². The Morgan fingerprint density at radius 2 is 1.90 bits per heavy atom. The lowest BCUT2D eigenvalue weighted by Crippen LogP contribution is -2.34. The predicted molar refractivity (Wildman–Crippen MR) is 114 cm³/mol. The van der Waals surface area contributed by atoms with Crippen molar-refractivity contribution in [1.82, 2.24) is 14.9 Å². The average molecular weight is 423 g/mol. The number of para-hydroxylation sites is 1. The zero-order valence-electron chi connectivity index (χ0n) is 15.9. The van der Waals surface area contributed by atoms with Gasteiger partial charge in [0.1, 0.15) is 29.5 Å². The summed E-state index contributed by atoms with van der Waals surface area (Å²) in [6.45, 7) is 0.491. The first-order valence-corrected chi connectivity index (χ1v) is 10.2. The molecule has 1 N–H and O–H groups in total. The summed E-state index contributed by atoms with van der Waals surface area (Å²) in [7, 11) is 0. The molecular formula is C22H18FN3O3S. The summed E-state index contributed by atoms with van der Waals surface area (Å²) in [5.74, 6) is 0.0682. The van der Waals surface area contributed by atoms with E-state index in [1.54, 1.807) is 12.1 Å². The number of ether oxygens (including phenoxy) is 1. The molecule has 0 saturated carbocycles. The molecule has 4 aromatic rings. The van der Waals surface area contributed by atoms with Crippen molar-refractivity contribution in [3.8, 4) is 16.9 Å². The second-order valence-electron chi connectivity index (χ2n) is 6.53. The number of fused-ring (bicyclic) bond motifs is 1. The molecule has 30 heavy (non-hydrogen) atoms. The quantitative estimate of drug-likeness (QED) is 0.462. The van der Waals surface area contributed by atoms with Crippen LogP contribution in [-0.2, 0) is 11.3 Å². The van der Waals surface area contributed by atoms with Gasteiger partial charge in [-0.3, -0.25) is 14.2 Å². The summed E-state index contributed by atoms with van der Waals surface area (Å²) in [6, 6.07) is 15.2. The summed E-state index contributed by atoms with van der Waals surface area (Å²) in [5.41, 5.74) is 1.09. The van der Waals surface area contributed by atoms with Gasteiger partial charge in [0.2, 0.25) is 5.91 Å². The Balaban J connectivity index is 1.44. The Labute approximate surface area is 175 Å². The van der Waals surface area contributed by atoms with Gasteiger partial charge in [0.25, 0.3) is 5.56 Å². The molecule has 0 unspecified atom stereocenters. The molecule has 0 bridgehead atoms. The van der Waals surface area contributed by atoms with Crippen LogP contribution in [0.3, 0.4) is 0 Å². The van der Waals surface area contributed by atoms with Crippen molar-refractivity contribution in [3.05, 3.63) is 82.5 Å². The van der Waals surface area contributed by atoms with Gasteiger partial charge in [-0.1, -0.05) is 30.3 Å². The van der Waals surface area contributed by atoms with Crippen LogP contribution in [-0.4, -0.2) is 28.6 Å². The van der Waals surface area contributed by atoms with Crippen molar-refractivity contribution in [2.24, 2.45) is 0 Å². The molecule has 0 aliphatic rings. The van der Waals surface area contributed by atoms with E-state index in [0.717, 1.165) is 11.3 Å². The summed E-state index contributed by atoms with van der Waals surface area (Å²) < 4.78 is 20.0. The molecule has 2 aromatic heterocycles. The molecule has 4 rings (SSSR count). The van der Waals surface area contributed by atoms with E-state index in [2.05, 4.69) is 10.3 Å². The number of nitrogens with one attached hydrogen (secondary N) is 1. The van der Waals surface area contributed by atoms with Gasteiger partial charge in [-0.25, -0.2) is 9.37 Å². The zero-order chi connectivity index (χ0) is 20.9. The standard InChI is InChI=1S/C22H18FN3O3S/c23-16-8-6-15(7-9-16)18-13-30-21-20(18)22(28)26(14-25-21)12-19(27)24-10-11-29-17-4-2-1-3-5-17/h1-9,13-14H,10-12H2,(H,24,27). The number of halogens is 1. The fourth-order valence-electron chi connectivity index (χ4n) is 3.01. The third-order valence-electron chi connectivity index (χ3n) is 4.47. The van der Waals surface area contributed by atoms with E-state index < -0.39 is 0 Å². The van der Waals surface area contributed by atoms with Gasteiger partial charge in [0.05, 0.1) is 18.3 Å². The van der Waals surface area contributed by atoms with E-state index >= 15 is 0 Å². The number of hydrogen-bond acceptors (Lipinski definition) is 5. The fourth-order valence-corrected chi connectivity index (χ4v) is 3.92. The molecule has 8 heteroatoms. The molecule has 0 saturated heterocycles. The first-order valence-electron chi connectivity index (χ1n) is 9.29. The van der Waals surface area contributed by atoms with Crippen molar-refractivity contribution in [2.75, 3.05) is 13.2 Å². The SMILES string of the molecule is O=C(Cn1cnc2scc(-c3ccc(F)cc3)c2c1=O)NCCOc1ccccc1. The van der Waals surface area contributed by atoms with Crippen molar-refractivity contribution in [2.45, 2.75) is 6.54 Å². The van der Waals surface area contributed by atoms with Gasteiger partial charge in [-0.2, -0.15) is 0 Å². The number of aromatic nitrogens is 2. The number of benzene rings is 2. The van der Waals surface area contributed by atoms with E-state index in [4.69, 9.17) is 4.74 Å². The minimum absolute atomic E-state index is 0.147. The lowest BCUT2D eigenvalue weighted by molar-refractivity contribution is -0.121. The third-order valence-corrected chi connectivity index (χ3v) is 5.35. The Morgan fingerprint density at radius 3 is 2.67 bits per heavy atom. The van der Waals surface area contributed by atoms with Gasteiger partial charge in [-0.05, 0) is 29.8 Å². The largest absolute Gasteiger partial charge is 0.492 e. The van der Waals surface area contributed by atoms with Crippen LogP contribution < -0.4 is 15.6 Å². The van der Waals surface area contributed by atoms with Crippen LogP contribution in [0.5, 0.6) is 5.75 Å². The summed E-state index contributed by atoms with van der Waals surface area (Å²) in [6.07, 6.45) is 1.37. The number of nitrogens with zero attached hydrogens (tertiary/aromatic N) is 2. The first kappa shape index (κ1) is 19.8. The minimum atomic E-state index is -0.346. The molecule has 2 heterocycles. The van der Waals surface area contributed by atoms with Crippen LogP contribution in [0.15, 0.2) is 71.1 Å². The zero-order valence-corrected chi connectivity index (χ0v) is 16.7. The number of hydrogen-bond donors (Lipinski definition) is 1. The first-order chi connectivity index (χ1) is 14.6. The highest BCUT2D eigenvalue weighted by Gasteiger charge is 2.14. The lowest BCUT2D eigenvalue weighted by atomic mass is 10.1. The molecule has 2 aromatic carbocycles. The summed E-state index contributed by atoms with van der Waals surface area (Å²) in [5, 5.41) is 4.97. The molecule has 1 amide bonds. The topological polar surface area (TPSA) is 73.2 Å². The minimum Gasteiger partial charge on any atom is -0.492 e. The maximum atomic E-state index is 13.2. The molecule has 0 spiro atoms. The molecule has 0 aliphatic carbocycles. The summed E-state index contributed by atoms with van der Waals surface area (Å²) >= 11 is 1.33. The van der Waals surface area contributed by atoms with Crippen molar-refractivity contribution in [1.29, 1.82) is 0 Å². The van der Waals surface area contributed by atoms with Gasteiger partial charge in [0, 0.05) is 10.9 Å². The van der Waals surface area contributed by atoms with Crippen LogP contribution in [0.4, 0.5) is 4.39 Å². The van der Waals surface area contributed by atoms with E-state index in [1.807, 2.05) is 35.7 Å². The predicted octanol–water partition coefficient (Wildman–Crippen LogP) is 3.46. The van der Waals surface area contributed by atoms with Crippen molar-refractivity contribution >= 4 is 27.5 Å². The lowest BCUT2D eigenvalue weighted by Gasteiger charge is -2.09. The number of thiophene rings is 1. The smallest absolute Gasteiger partial charge is 0.263 e. The van der Waals surface area contributed by atoms with E-state index in [9.17, 15) is 14.0 Å². The highest BCUT2D eigenvalue weighted by atomic mass is 32.1. The monoisotopic (exact) mass is 423 g/mol. The van der Waals surface area contributed by atoms with Crippen molar-refractivity contribution in [3.63, 3.8) is 0 Å². The third kappa shape index (κ3) is 4.38. The van der Waals surface area contributed by atoms with E-state index in [1.165, 1.54) is 34.4 Å². The van der Waals surface area contributed by atoms with Crippen LogP contribution >= 0.6 is 11.3 Å². The number of carbonyl (C=O) groups excluding carboxylic acids is 1.